The van der Waals surface area contributed by atoms with Gasteiger partial charge >= 0.3 is 5.97 Å². The molecule has 7 heteroatoms. The first-order valence-corrected chi connectivity index (χ1v) is 5.98. The Morgan fingerprint density at radius 1 is 1.44 bits per heavy atom. The molecule has 1 aromatic carbocycles. The average molecular weight is 266 g/mol. The maximum Gasteiger partial charge on any atom is 0.334 e. The Labute approximate surface area is 106 Å². The highest BCUT2D eigenvalue weighted by molar-refractivity contribution is 7.16. The highest BCUT2D eigenvalue weighted by Gasteiger charge is 2.15. The van der Waals surface area contributed by atoms with Crippen molar-refractivity contribution in [2.75, 3.05) is 6.54 Å². The van der Waals surface area contributed by atoms with E-state index >= 15 is 0 Å². The zero-order chi connectivity index (χ0) is 13.1. The van der Waals surface area contributed by atoms with Crippen molar-refractivity contribution in [1.29, 1.82) is 0 Å². The summed E-state index contributed by atoms with van der Waals surface area (Å²) in [5.41, 5.74) is 2.90. The van der Waals surface area contributed by atoms with Crippen molar-refractivity contribution in [1.82, 2.24) is 10.3 Å². The molecule has 2 rings (SSSR count). The number of benzene rings is 1. The van der Waals surface area contributed by atoms with Gasteiger partial charge in [0.25, 0.3) is 5.91 Å². The largest absolute Gasteiger partial charge is 0.479 e. The second kappa shape index (κ2) is 5.11. The van der Waals surface area contributed by atoms with E-state index in [4.69, 9.17) is 10.2 Å². The molecule has 0 bridgehead atoms. The second-order valence-electron chi connectivity index (χ2n) is 3.60. The van der Waals surface area contributed by atoms with E-state index in [9.17, 15) is 9.59 Å². The molecule has 0 saturated heterocycles. The Morgan fingerprint density at radius 2 is 2.22 bits per heavy atom. The number of fused-ring (bicyclic) bond motifs is 1. The van der Waals surface area contributed by atoms with Gasteiger partial charge in [0.15, 0.2) is 6.10 Å². The molecule has 0 aliphatic rings. The van der Waals surface area contributed by atoms with E-state index in [1.165, 1.54) is 11.3 Å². The number of aliphatic carboxylic acids is 1. The van der Waals surface area contributed by atoms with Crippen LogP contribution in [0.15, 0.2) is 23.7 Å². The van der Waals surface area contributed by atoms with Crippen molar-refractivity contribution < 1.29 is 19.8 Å². The van der Waals surface area contributed by atoms with Crippen LogP contribution in [0, 0.1) is 0 Å². The third-order valence-corrected chi connectivity index (χ3v) is 3.13. The van der Waals surface area contributed by atoms with Crippen molar-refractivity contribution in [3.05, 3.63) is 29.3 Å². The first kappa shape index (κ1) is 12.5. The van der Waals surface area contributed by atoms with Crippen LogP contribution >= 0.6 is 11.3 Å². The molecule has 0 unspecified atom stereocenters. The molecule has 0 aliphatic heterocycles. The molecule has 18 heavy (non-hydrogen) atoms. The van der Waals surface area contributed by atoms with Gasteiger partial charge < -0.3 is 15.5 Å². The molecule has 94 valence electrons. The van der Waals surface area contributed by atoms with E-state index in [2.05, 4.69) is 10.3 Å². The fourth-order valence-corrected chi connectivity index (χ4v) is 2.09. The first-order valence-electron chi connectivity index (χ1n) is 5.10. The zero-order valence-corrected chi connectivity index (χ0v) is 9.98. The minimum atomic E-state index is -1.60. The quantitative estimate of drug-likeness (QED) is 0.747. The van der Waals surface area contributed by atoms with E-state index in [1.54, 1.807) is 23.7 Å². The highest BCUT2D eigenvalue weighted by Crippen LogP contribution is 2.18. The van der Waals surface area contributed by atoms with Gasteiger partial charge in [-0.3, -0.25) is 4.79 Å². The lowest BCUT2D eigenvalue weighted by Crippen LogP contribution is -2.36. The van der Waals surface area contributed by atoms with Crippen molar-refractivity contribution in [2.24, 2.45) is 0 Å². The van der Waals surface area contributed by atoms with E-state index in [1.807, 2.05) is 0 Å². The molecule has 1 aromatic heterocycles. The summed E-state index contributed by atoms with van der Waals surface area (Å²) in [6, 6.07) is 4.99. The van der Waals surface area contributed by atoms with Crippen LogP contribution in [0.3, 0.4) is 0 Å². The minimum absolute atomic E-state index is 0.325. The summed E-state index contributed by atoms with van der Waals surface area (Å²) in [5, 5.41) is 19.9. The number of thiazole rings is 1. The Bertz CT molecular complexity index is 595. The predicted octanol–water partition coefficient (Wildman–Crippen LogP) is 0.472. The normalized spacial score (nSPS) is 12.3. The smallest absolute Gasteiger partial charge is 0.334 e. The number of amides is 1. The van der Waals surface area contributed by atoms with Crippen LogP contribution in [-0.2, 0) is 4.79 Å². The maximum absolute atomic E-state index is 11.7. The lowest BCUT2D eigenvalue weighted by Gasteiger charge is -2.07. The van der Waals surface area contributed by atoms with Gasteiger partial charge in [-0.25, -0.2) is 9.78 Å². The number of nitrogens with zero attached hydrogens (tertiary/aromatic N) is 1. The van der Waals surface area contributed by atoms with Gasteiger partial charge in [0.05, 0.1) is 22.3 Å². The molecule has 0 fully saturated rings. The molecule has 0 radical (unpaired) electrons. The van der Waals surface area contributed by atoms with E-state index in [-0.39, 0.29) is 6.54 Å². The minimum Gasteiger partial charge on any atom is -0.479 e. The van der Waals surface area contributed by atoms with Crippen LogP contribution in [0.4, 0.5) is 0 Å². The lowest BCUT2D eigenvalue weighted by atomic mass is 10.2. The fourth-order valence-electron chi connectivity index (χ4n) is 1.38. The first-order chi connectivity index (χ1) is 8.58. The number of hydrogen-bond acceptors (Lipinski definition) is 5. The van der Waals surface area contributed by atoms with Crippen LogP contribution < -0.4 is 5.32 Å². The van der Waals surface area contributed by atoms with Crippen LogP contribution in [0.5, 0.6) is 0 Å². The van der Waals surface area contributed by atoms with Crippen molar-refractivity contribution >= 4 is 33.4 Å². The van der Waals surface area contributed by atoms with Gasteiger partial charge in [-0.1, -0.05) is 0 Å². The number of hydrogen-bond donors (Lipinski definition) is 3. The third kappa shape index (κ3) is 2.63. The molecule has 0 saturated carbocycles. The summed E-state index contributed by atoms with van der Waals surface area (Å²) >= 11 is 1.41. The van der Waals surface area contributed by atoms with Crippen LogP contribution in [-0.4, -0.2) is 39.7 Å². The maximum atomic E-state index is 11.7. The number of carbonyl (C=O) groups excluding carboxylic acids is 1. The SMILES string of the molecule is O=C(NC[C@H](O)C(=O)O)c1ccc2ncsc2c1. The molecule has 1 amide bonds. The summed E-state index contributed by atoms with van der Waals surface area (Å²) in [5.74, 6) is -1.79. The standard InChI is InChI=1S/C11H10N2O4S/c14-8(11(16)17)4-12-10(15)6-1-2-7-9(3-6)18-5-13-7/h1-3,5,8,14H,4H2,(H,12,15)(H,16,17)/t8-/m0/s1. The number of aliphatic hydroxyl groups excluding tert-OH is 1. The van der Waals surface area contributed by atoms with E-state index in [0.717, 1.165) is 10.2 Å². The third-order valence-electron chi connectivity index (χ3n) is 2.33. The number of carboxylic acids is 1. The summed E-state index contributed by atoms with van der Waals surface area (Å²) in [4.78, 5) is 26.2. The number of aromatic nitrogens is 1. The molecule has 0 spiro atoms. The number of carboxylic acid groups (broad SMARTS) is 1. The average Bonchev–Trinajstić information content (AvgIpc) is 2.82. The Morgan fingerprint density at radius 3 is 2.94 bits per heavy atom. The number of rotatable bonds is 4. The zero-order valence-electron chi connectivity index (χ0n) is 9.16. The Kier molecular flexibility index (Phi) is 3.54. The van der Waals surface area contributed by atoms with Crippen LogP contribution in [0.25, 0.3) is 10.2 Å². The van der Waals surface area contributed by atoms with E-state index < -0.39 is 18.0 Å². The monoisotopic (exact) mass is 266 g/mol. The molecule has 1 heterocycles. The van der Waals surface area contributed by atoms with Gasteiger partial charge in [-0.15, -0.1) is 11.3 Å². The van der Waals surface area contributed by atoms with Gasteiger partial charge in [0, 0.05) is 5.56 Å². The summed E-state index contributed by atoms with van der Waals surface area (Å²) in [6.45, 7) is -0.325. The molecule has 6 nitrogen and oxygen atoms in total. The van der Waals surface area contributed by atoms with Crippen molar-refractivity contribution in [3.63, 3.8) is 0 Å². The number of carbonyl (C=O) groups is 2. The van der Waals surface area contributed by atoms with Crippen LogP contribution in [0.2, 0.25) is 0 Å². The molecule has 1 atom stereocenters. The predicted molar refractivity (Wildman–Crippen MR) is 65.6 cm³/mol. The molecule has 0 aliphatic carbocycles. The van der Waals surface area contributed by atoms with Crippen molar-refractivity contribution in [3.8, 4) is 0 Å². The molecular weight excluding hydrogens is 256 g/mol. The van der Waals surface area contributed by atoms with E-state index in [0.29, 0.717) is 5.56 Å². The van der Waals surface area contributed by atoms with Crippen LogP contribution in [0.1, 0.15) is 10.4 Å². The van der Waals surface area contributed by atoms with Gasteiger partial charge in [0.1, 0.15) is 0 Å². The number of nitrogens with one attached hydrogen (secondary N) is 1. The molecule has 2 aromatic rings. The highest BCUT2D eigenvalue weighted by atomic mass is 32.1. The summed E-state index contributed by atoms with van der Waals surface area (Å²) < 4.78 is 0.876. The lowest BCUT2D eigenvalue weighted by molar-refractivity contribution is -0.146. The van der Waals surface area contributed by atoms with Gasteiger partial charge in [0.2, 0.25) is 0 Å². The van der Waals surface area contributed by atoms with Crippen molar-refractivity contribution in [2.45, 2.75) is 6.10 Å². The second-order valence-corrected chi connectivity index (χ2v) is 4.49. The fraction of sp³-hybridized carbons (Fsp3) is 0.182. The summed E-state index contributed by atoms with van der Waals surface area (Å²) in [6.07, 6.45) is -1.60. The molecule has 3 N–H and O–H groups in total. The Hall–Kier alpha value is -1.99. The molecular formula is C11H10N2O4S. The Balaban J connectivity index is 2.06. The van der Waals surface area contributed by atoms with Gasteiger partial charge in [-0.05, 0) is 18.2 Å². The topological polar surface area (TPSA) is 99.5 Å². The van der Waals surface area contributed by atoms with Gasteiger partial charge in [-0.2, -0.15) is 0 Å². The summed E-state index contributed by atoms with van der Waals surface area (Å²) in [7, 11) is 0. The number of aliphatic hydroxyl groups is 1.